The van der Waals surface area contributed by atoms with Crippen molar-refractivity contribution in [3.05, 3.63) is 29.3 Å². The van der Waals surface area contributed by atoms with Gasteiger partial charge >= 0.3 is 0 Å². The highest BCUT2D eigenvalue weighted by Crippen LogP contribution is 2.13. The third kappa shape index (κ3) is 7.28. The maximum atomic E-state index is 11.8. The van der Waals surface area contributed by atoms with Crippen molar-refractivity contribution in [1.82, 2.24) is 15.8 Å². The van der Waals surface area contributed by atoms with Gasteiger partial charge in [-0.15, -0.1) is 0 Å². The molecule has 114 valence electrons. The zero-order chi connectivity index (χ0) is 15.8. The average Bonchev–Trinajstić information content (AvgIpc) is 2.38. The Morgan fingerprint density at radius 3 is 2.19 bits per heavy atom. The molecular formula is C13H17ClN4O3. The Bertz CT molecular complexity index is 519. The first-order valence-electron chi connectivity index (χ1n) is 6.16. The smallest absolute Gasteiger partial charge is 0.252 e. The normalized spacial score (nSPS) is 10.1. The van der Waals surface area contributed by atoms with Crippen molar-refractivity contribution in [2.45, 2.75) is 6.92 Å². The predicted molar refractivity (Wildman–Crippen MR) is 79.5 cm³/mol. The Labute approximate surface area is 127 Å². The number of halogens is 1. The molecule has 0 aliphatic rings. The Kier molecular flexibility index (Phi) is 6.64. The summed E-state index contributed by atoms with van der Waals surface area (Å²) in [5.41, 5.74) is 5.01. The first-order valence-corrected chi connectivity index (χ1v) is 6.54. The van der Waals surface area contributed by atoms with Crippen molar-refractivity contribution < 1.29 is 14.4 Å². The third-order valence-electron chi connectivity index (χ3n) is 2.33. The van der Waals surface area contributed by atoms with Gasteiger partial charge < -0.3 is 5.32 Å². The molecule has 0 atom stereocenters. The van der Waals surface area contributed by atoms with E-state index in [9.17, 15) is 14.4 Å². The lowest BCUT2D eigenvalue weighted by molar-refractivity contribution is -0.128. The van der Waals surface area contributed by atoms with E-state index in [1.165, 1.54) is 11.8 Å². The molecule has 0 aliphatic heterocycles. The number of amides is 3. The summed E-state index contributed by atoms with van der Waals surface area (Å²) in [5, 5.41) is 3.27. The highest BCUT2D eigenvalue weighted by atomic mass is 35.5. The topological polar surface area (TPSA) is 90.5 Å². The van der Waals surface area contributed by atoms with Crippen LogP contribution in [0, 0.1) is 0 Å². The second-order valence-electron chi connectivity index (χ2n) is 4.46. The molecule has 7 nitrogen and oxygen atoms in total. The fourth-order valence-electron chi connectivity index (χ4n) is 1.48. The monoisotopic (exact) mass is 312 g/mol. The summed E-state index contributed by atoms with van der Waals surface area (Å²) < 4.78 is 0. The summed E-state index contributed by atoms with van der Waals surface area (Å²) in [6.45, 7) is 1.30. The Morgan fingerprint density at radius 1 is 1.05 bits per heavy atom. The lowest BCUT2D eigenvalue weighted by atomic mass is 10.3. The van der Waals surface area contributed by atoms with Crippen LogP contribution in [0.2, 0.25) is 5.02 Å². The zero-order valence-electron chi connectivity index (χ0n) is 11.8. The van der Waals surface area contributed by atoms with Gasteiger partial charge in [0.1, 0.15) is 0 Å². The largest absolute Gasteiger partial charge is 0.325 e. The van der Waals surface area contributed by atoms with Crippen LogP contribution in [0.1, 0.15) is 6.92 Å². The molecule has 3 N–H and O–H groups in total. The molecule has 0 heterocycles. The number of benzene rings is 1. The number of hydrogen-bond donors (Lipinski definition) is 3. The number of nitrogens with one attached hydrogen (secondary N) is 3. The number of anilines is 1. The number of carbonyl (C=O) groups excluding carboxylic acids is 3. The molecule has 21 heavy (non-hydrogen) atoms. The molecule has 0 unspecified atom stereocenters. The summed E-state index contributed by atoms with van der Waals surface area (Å²) in [7, 11) is 1.62. The summed E-state index contributed by atoms with van der Waals surface area (Å²) in [4.78, 5) is 35.3. The van der Waals surface area contributed by atoms with Gasteiger partial charge in [-0.1, -0.05) is 11.6 Å². The van der Waals surface area contributed by atoms with Crippen molar-refractivity contribution >= 4 is 35.0 Å². The van der Waals surface area contributed by atoms with Crippen molar-refractivity contribution in [1.29, 1.82) is 0 Å². The summed E-state index contributed by atoms with van der Waals surface area (Å²) in [5.74, 6) is -1.04. The molecule has 0 saturated carbocycles. The van der Waals surface area contributed by atoms with Gasteiger partial charge in [0.2, 0.25) is 11.8 Å². The van der Waals surface area contributed by atoms with Gasteiger partial charge in [-0.3, -0.25) is 30.1 Å². The molecule has 0 aliphatic carbocycles. The van der Waals surface area contributed by atoms with Crippen molar-refractivity contribution in [2.24, 2.45) is 0 Å². The highest BCUT2D eigenvalue weighted by molar-refractivity contribution is 6.30. The predicted octanol–water partition coefficient (Wildman–Crippen LogP) is 0.378. The van der Waals surface area contributed by atoms with Gasteiger partial charge in [0.15, 0.2) is 0 Å². The molecule has 8 heteroatoms. The summed E-state index contributed by atoms with van der Waals surface area (Å²) in [6, 6.07) is 6.71. The first kappa shape index (κ1) is 16.9. The molecule has 0 fully saturated rings. The number of carbonyl (C=O) groups is 3. The Balaban J connectivity index is 2.34. The van der Waals surface area contributed by atoms with Crippen LogP contribution in [-0.2, 0) is 14.4 Å². The zero-order valence-corrected chi connectivity index (χ0v) is 12.5. The number of nitrogens with zero attached hydrogens (tertiary/aromatic N) is 1. The third-order valence-corrected chi connectivity index (χ3v) is 2.58. The summed E-state index contributed by atoms with van der Waals surface area (Å²) >= 11 is 5.75. The van der Waals surface area contributed by atoms with Crippen LogP contribution in [0.25, 0.3) is 0 Å². The molecule has 0 bridgehead atoms. The number of hydrazine groups is 1. The quantitative estimate of drug-likeness (QED) is 0.686. The molecule has 1 aromatic rings. The number of likely N-dealkylation sites (N-methyl/N-ethyl adjacent to an activating group) is 1. The lowest BCUT2D eigenvalue weighted by Gasteiger charge is -2.16. The second kappa shape index (κ2) is 8.23. The SMILES string of the molecule is CC(=O)NNC(=O)CN(C)CC(=O)Nc1ccc(Cl)cc1. The van der Waals surface area contributed by atoms with Crippen LogP contribution in [-0.4, -0.2) is 42.8 Å². The standard InChI is InChI=1S/C13H17ClN4O3/c1-9(19)16-17-13(21)8-18(2)7-12(20)15-11-5-3-10(14)4-6-11/h3-6H,7-8H2,1-2H3,(H,15,20)(H,16,19)(H,17,21). The van der Waals surface area contributed by atoms with Crippen LogP contribution >= 0.6 is 11.6 Å². The van der Waals surface area contributed by atoms with Crippen LogP contribution in [0.3, 0.4) is 0 Å². The van der Waals surface area contributed by atoms with E-state index in [4.69, 9.17) is 11.6 Å². The molecule has 0 aromatic heterocycles. The van der Waals surface area contributed by atoms with Crippen LogP contribution in [0.5, 0.6) is 0 Å². The first-order chi connectivity index (χ1) is 9.86. The van der Waals surface area contributed by atoms with Gasteiger partial charge in [-0.2, -0.15) is 0 Å². The Morgan fingerprint density at radius 2 is 1.62 bits per heavy atom. The second-order valence-corrected chi connectivity index (χ2v) is 4.89. The van der Waals surface area contributed by atoms with E-state index >= 15 is 0 Å². The van der Waals surface area contributed by atoms with E-state index in [1.807, 2.05) is 0 Å². The molecule has 1 aromatic carbocycles. The number of rotatable bonds is 5. The molecule has 3 amide bonds. The molecular weight excluding hydrogens is 296 g/mol. The molecule has 0 radical (unpaired) electrons. The molecule has 0 saturated heterocycles. The van der Waals surface area contributed by atoms with E-state index in [0.717, 1.165) is 0 Å². The minimum absolute atomic E-state index is 0.0195. The van der Waals surface area contributed by atoms with E-state index in [1.54, 1.807) is 31.3 Å². The van der Waals surface area contributed by atoms with Crippen molar-refractivity contribution in [2.75, 3.05) is 25.5 Å². The lowest BCUT2D eigenvalue weighted by Crippen LogP contribution is -2.46. The van der Waals surface area contributed by atoms with Gasteiger partial charge in [-0.25, -0.2) is 0 Å². The van der Waals surface area contributed by atoms with Gasteiger partial charge in [0, 0.05) is 17.6 Å². The molecule has 1 rings (SSSR count). The fraction of sp³-hybridized carbons (Fsp3) is 0.308. The van der Waals surface area contributed by atoms with E-state index in [2.05, 4.69) is 16.2 Å². The van der Waals surface area contributed by atoms with Gasteiger partial charge in [-0.05, 0) is 31.3 Å². The van der Waals surface area contributed by atoms with Crippen LogP contribution in [0.4, 0.5) is 5.69 Å². The van der Waals surface area contributed by atoms with E-state index < -0.39 is 5.91 Å². The van der Waals surface area contributed by atoms with Crippen LogP contribution < -0.4 is 16.2 Å². The van der Waals surface area contributed by atoms with Gasteiger partial charge in [0.25, 0.3) is 5.91 Å². The average molecular weight is 313 g/mol. The Hall–Kier alpha value is -2.12. The van der Waals surface area contributed by atoms with Crippen LogP contribution in [0.15, 0.2) is 24.3 Å². The van der Waals surface area contributed by atoms with Crippen molar-refractivity contribution in [3.8, 4) is 0 Å². The maximum absolute atomic E-state index is 11.8. The number of hydrogen-bond acceptors (Lipinski definition) is 4. The van der Waals surface area contributed by atoms with E-state index in [-0.39, 0.29) is 24.9 Å². The van der Waals surface area contributed by atoms with Crippen molar-refractivity contribution in [3.63, 3.8) is 0 Å². The fourth-order valence-corrected chi connectivity index (χ4v) is 1.60. The minimum Gasteiger partial charge on any atom is -0.325 e. The van der Waals surface area contributed by atoms with E-state index in [0.29, 0.717) is 10.7 Å². The molecule has 0 spiro atoms. The minimum atomic E-state index is -0.410. The maximum Gasteiger partial charge on any atom is 0.252 e. The highest BCUT2D eigenvalue weighted by Gasteiger charge is 2.11. The van der Waals surface area contributed by atoms with Gasteiger partial charge in [0.05, 0.1) is 13.1 Å². The summed E-state index contributed by atoms with van der Waals surface area (Å²) in [6.07, 6.45) is 0.